The van der Waals surface area contributed by atoms with E-state index in [0.717, 1.165) is 25.7 Å². The van der Waals surface area contributed by atoms with E-state index in [0.29, 0.717) is 6.04 Å². The van der Waals surface area contributed by atoms with Gasteiger partial charge < -0.3 is 10.1 Å². The molecule has 1 fully saturated rings. The number of hydrogen-bond acceptors (Lipinski definition) is 2. The molecule has 2 nitrogen and oxygen atoms in total. The van der Waals surface area contributed by atoms with Gasteiger partial charge in [-0.25, -0.2) is 0 Å². The molecule has 17 heavy (non-hydrogen) atoms. The van der Waals surface area contributed by atoms with Gasteiger partial charge in [-0.2, -0.15) is 0 Å². The molecule has 1 unspecified atom stereocenters. The van der Waals surface area contributed by atoms with Gasteiger partial charge in [0.15, 0.2) is 0 Å². The zero-order valence-corrected chi connectivity index (χ0v) is 11.8. The minimum absolute atomic E-state index is 0.675. The van der Waals surface area contributed by atoms with Crippen molar-refractivity contribution in [2.75, 3.05) is 19.8 Å². The van der Waals surface area contributed by atoms with Crippen LogP contribution in [0.25, 0.3) is 0 Å². The summed E-state index contributed by atoms with van der Waals surface area (Å²) in [4.78, 5) is 0. The first kappa shape index (κ1) is 15.0. The summed E-state index contributed by atoms with van der Waals surface area (Å²) in [5.74, 6) is 1.01. The lowest BCUT2D eigenvalue weighted by Crippen LogP contribution is -2.30. The van der Waals surface area contributed by atoms with Crippen molar-refractivity contribution in [2.24, 2.45) is 5.92 Å². The summed E-state index contributed by atoms with van der Waals surface area (Å²) in [5.41, 5.74) is 0. The van der Waals surface area contributed by atoms with Gasteiger partial charge in [0, 0.05) is 19.3 Å². The highest BCUT2D eigenvalue weighted by molar-refractivity contribution is 4.71. The van der Waals surface area contributed by atoms with Crippen LogP contribution in [0.2, 0.25) is 0 Å². The molecule has 1 aliphatic carbocycles. The van der Waals surface area contributed by atoms with Gasteiger partial charge in [0.1, 0.15) is 0 Å². The van der Waals surface area contributed by atoms with Crippen LogP contribution in [0.4, 0.5) is 0 Å². The van der Waals surface area contributed by atoms with Crippen LogP contribution in [-0.4, -0.2) is 25.8 Å². The van der Waals surface area contributed by atoms with E-state index < -0.39 is 0 Å². The molecular weight excluding hydrogens is 210 g/mol. The summed E-state index contributed by atoms with van der Waals surface area (Å²) in [6.45, 7) is 7.13. The lowest BCUT2D eigenvalue weighted by Gasteiger charge is -2.24. The lowest BCUT2D eigenvalue weighted by molar-refractivity contribution is 0.134. The molecule has 1 saturated carbocycles. The van der Waals surface area contributed by atoms with Crippen molar-refractivity contribution < 1.29 is 4.74 Å². The minimum atomic E-state index is 0.675. The van der Waals surface area contributed by atoms with E-state index in [1.54, 1.807) is 0 Å². The Labute approximate surface area is 108 Å². The Morgan fingerprint density at radius 2 is 1.88 bits per heavy atom. The number of nitrogens with one attached hydrogen (secondary N) is 1. The van der Waals surface area contributed by atoms with Crippen LogP contribution in [0.15, 0.2) is 0 Å². The van der Waals surface area contributed by atoms with Gasteiger partial charge in [-0.1, -0.05) is 39.0 Å². The van der Waals surface area contributed by atoms with E-state index in [9.17, 15) is 0 Å². The summed E-state index contributed by atoms with van der Waals surface area (Å²) in [5, 5.41) is 3.60. The average molecular weight is 241 g/mol. The molecule has 2 heteroatoms. The topological polar surface area (TPSA) is 21.3 Å². The highest BCUT2D eigenvalue weighted by atomic mass is 16.5. The zero-order chi connectivity index (χ0) is 12.3. The fourth-order valence-corrected chi connectivity index (χ4v) is 2.92. The third-order valence-electron chi connectivity index (χ3n) is 3.96. The second kappa shape index (κ2) is 9.90. The number of hydrogen-bond donors (Lipinski definition) is 1. The molecule has 1 rings (SSSR count). The van der Waals surface area contributed by atoms with Gasteiger partial charge in [-0.3, -0.25) is 0 Å². The van der Waals surface area contributed by atoms with Gasteiger partial charge in [0.2, 0.25) is 0 Å². The summed E-state index contributed by atoms with van der Waals surface area (Å²) in [6, 6.07) is 0.675. The highest BCUT2D eigenvalue weighted by Crippen LogP contribution is 2.27. The fourth-order valence-electron chi connectivity index (χ4n) is 2.92. The molecule has 1 N–H and O–H groups in total. The van der Waals surface area contributed by atoms with Crippen molar-refractivity contribution in [1.82, 2.24) is 5.32 Å². The molecule has 0 spiro atoms. The van der Waals surface area contributed by atoms with E-state index in [2.05, 4.69) is 19.2 Å². The molecule has 0 heterocycles. The van der Waals surface area contributed by atoms with E-state index >= 15 is 0 Å². The van der Waals surface area contributed by atoms with Crippen LogP contribution >= 0.6 is 0 Å². The zero-order valence-electron chi connectivity index (χ0n) is 11.8. The smallest absolute Gasteiger partial charge is 0.0480 e. The molecule has 0 aromatic carbocycles. The quantitative estimate of drug-likeness (QED) is 0.621. The SMILES string of the molecule is CCNC(CCOCC)CCC1CCCCC1. The molecule has 0 aromatic rings. The highest BCUT2D eigenvalue weighted by Gasteiger charge is 2.15. The van der Waals surface area contributed by atoms with Crippen molar-refractivity contribution >= 4 is 0 Å². The second-order valence-corrected chi connectivity index (χ2v) is 5.32. The summed E-state index contributed by atoms with van der Waals surface area (Å²) >= 11 is 0. The molecular formula is C15H31NO. The van der Waals surface area contributed by atoms with Gasteiger partial charge in [-0.15, -0.1) is 0 Å². The maximum absolute atomic E-state index is 5.46. The minimum Gasteiger partial charge on any atom is -0.382 e. The molecule has 0 aliphatic heterocycles. The van der Waals surface area contributed by atoms with Crippen molar-refractivity contribution in [3.8, 4) is 0 Å². The predicted octanol–water partition coefficient (Wildman–Crippen LogP) is 3.75. The Morgan fingerprint density at radius 3 is 2.53 bits per heavy atom. The van der Waals surface area contributed by atoms with Gasteiger partial charge >= 0.3 is 0 Å². The number of rotatable bonds is 9. The van der Waals surface area contributed by atoms with Crippen LogP contribution in [0.3, 0.4) is 0 Å². The second-order valence-electron chi connectivity index (χ2n) is 5.32. The summed E-state index contributed by atoms with van der Waals surface area (Å²) in [6.07, 6.45) is 11.3. The van der Waals surface area contributed by atoms with Crippen molar-refractivity contribution in [3.05, 3.63) is 0 Å². The van der Waals surface area contributed by atoms with Crippen LogP contribution in [0.1, 0.15) is 65.2 Å². The van der Waals surface area contributed by atoms with Gasteiger partial charge in [-0.05, 0) is 38.6 Å². The van der Waals surface area contributed by atoms with Crippen LogP contribution in [0, 0.1) is 5.92 Å². The molecule has 0 amide bonds. The maximum Gasteiger partial charge on any atom is 0.0480 e. The van der Waals surface area contributed by atoms with Crippen molar-refractivity contribution in [1.29, 1.82) is 0 Å². The third kappa shape index (κ3) is 7.05. The third-order valence-corrected chi connectivity index (χ3v) is 3.96. The van der Waals surface area contributed by atoms with Gasteiger partial charge in [0.25, 0.3) is 0 Å². The first-order chi connectivity index (χ1) is 8.36. The molecule has 0 bridgehead atoms. The van der Waals surface area contributed by atoms with E-state index in [-0.39, 0.29) is 0 Å². The standard InChI is InChI=1S/C15H31NO/c1-3-16-15(12-13-17-4-2)11-10-14-8-6-5-7-9-14/h14-16H,3-13H2,1-2H3. The first-order valence-corrected chi connectivity index (χ1v) is 7.68. The molecule has 102 valence electrons. The Kier molecular flexibility index (Phi) is 8.72. The summed E-state index contributed by atoms with van der Waals surface area (Å²) in [7, 11) is 0. The average Bonchev–Trinajstić information content (AvgIpc) is 2.37. The molecule has 0 radical (unpaired) electrons. The van der Waals surface area contributed by atoms with E-state index in [1.807, 2.05) is 0 Å². The van der Waals surface area contributed by atoms with Crippen molar-refractivity contribution in [3.63, 3.8) is 0 Å². The lowest BCUT2D eigenvalue weighted by atomic mass is 9.85. The van der Waals surface area contributed by atoms with E-state index in [4.69, 9.17) is 4.74 Å². The van der Waals surface area contributed by atoms with Crippen LogP contribution in [0.5, 0.6) is 0 Å². The Balaban J connectivity index is 2.13. The monoisotopic (exact) mass is 241 g/mol. The summed E-state index contributed by atoms with van der Waals surface area (Å²) < 4.78 is 5.46. The van der Waals surface area contributed by atoms with Gasteiger partial charge in [0.05, 0.1) is 0 Å². The van der Waals surface area contributed by atoms with Crippen LogP contribution in [-0.2, 0) is 4.74 Å². The number of ether oxygens (including phenoxy) is 1. The molecule has 1 aliphatic rings. The Bertz CT molecular complexity index is 166. The Morgan fingerprint density at radius 1 is 1.12 bits per heavy atom. The Hall–Kier alpha value is -0.0800. The first-order valence-electron chi connectivity index (χ1n) is 7.68. The normalized spacial score (nSPS) is 19.4. The maximum atomic E-state index is 5.46. The largest absolute Gasteiger partial charge is 0.382 e. The molecule has 1 atom stereocenters. The van der Waals surface area contributed by atoms with Crippen molar-refractivity contribution in [2.45, 2.75) is 71.3 Å². The predicted molar refractivity (Wildman–Crippen MR) is 74.4 cm³/mol. The van der Waals surface area contributed by atoms with Crippen LogP contribution < -0.4 is 5.32 Å². The fraction of sp³-hybridized carbons (Fsp3) is 1.00. The molecule has 0 saturated heterocycles. The molecule has 0 aromatic heterocycles. The van der Waals surface area contributed by atoms with E-state index in [1.165, 1.54) is 51.4 Å².